The van der Waals surface area contributed by atoms with Gasteiger partial charge in [0, 0.05) is 12.5 Å². The molecule has 1 aromatic heterocycles. The highest BCUT2D eigenvalue weighted by atomic mass is 15.2. The number of hydrogen-bond donors (Lipinski definition) is 2. The third kappa shape index (κ3) is 0.854. The van der Waals surface area contributed by atoms with Gasteiger partial charge in [-0.25, -0.2) is 0 Å². The monoisotopic (exact) mass is 163 g/mol. The van der Waals surface area contributed by atoms with Gasteiger partial charge in [0.1, 0.15) is 0 Å². The molecule has 12 heavy (non-hydrogen) atoms. The van der Waals surface area contributed by atoms with Gasteiger partial charge in [-0.15, -0.1) is 0 Å². The molecule has 1 aromatic rings. The van der Waals surface area contributed by atoms with Crippen molar-refractivity contribution in [1.29, 1.82) is 0 Å². The number of aryl methyl sites for hydroxylation is 1. The second-order valence-corrected chi connectivity index (χ2v) is 3.77. The van der Waals surface area contributed by atoms with E-state index in [2.05, 4.69) is 15.5 Å². The number of aromatic amines is 1. The summed E-state index contributed by atoms with van der Waals surface area (Å²) >= 11 is 0. The maximum atomic E-state index is 4.37. The number of hydrogen-bond acceptors (Lipinski definition) is 2. The van der Waals surface area contributed by atoms with Crippen molar-refractivity contribution >= 4 is 5.69 Å². The first-order chi connectivity index (χ1) is 5.95. The zero-order valence-electron chi connectivity index (χ0n) is 7.06. The summed E-state index contributed by atoms with van der Waals surface area (Å²) in [4.78, 5) is 0. The molecule has 1 aliphatic carbocycles. The maximum Gasteiger partial charge on any atom is 0.0887 e. The van der Waals surface area contributed by atoms with E-state index in [0.717, 1.165) is 12.5 Å². The van der Waals surface area contributed by atoms with Crippen molar-refractivity contribution in [2.75, 3.05) is 11.9 Å². The number of nitrogens with zero attached hydrogens (tertiary/aromatic N) is 1. The van der Waals surface area contributed by atoms with Gasteiger partial charge in [-0.1, -0.05) is 0 Å². The Morgan fingerprint density at radius 2 is 2.25 bits per heavy atom. The second kappa shape index (κ2) is 2.25. The Hall–Kier alpha value is -0.990. The van der Waals surface area contributed by atoms with E-state index in [9.17, 15) is 0 Å². The zero-order chi connectivity index (χ0) is 7.97. The van der Waals surface area contributed by atoms with Crippen molar-refractivity contribution in [3.63, 3.8) is 0 Å². The fraction of sp³-hybridized carbons (Fsp3) is 0.667. The van der Waals surface area contributed by atoms with Crippen LogP contribution in [0.15, 0.2) is 0 Å². The van der Waals surface area contributed by atoms with Crippen LogP contribution < -0.4 is 5.32 Å². The van der Waals surface area contributed by atoms with E-state index in [0.29, 0.717) is 0 Å². The summed E-state index contributed by atoms with van der Waals surface area (Å²) in [5, 5.41) is 10.9. The van der Waals surface area contributed by atoms with Gasteiger partial charge in [0.15, 0.2) is 0 Å². The van der Waals surface area contributed by atoms with Gasteiger partial charge in [0.25, 0.3) is 0 Å². The topological polar surface area (TPSA) is 40.7 Å². The predicted molar refractivity (Wildman–Crippen MR) is 47.4 cm³/mol. The molecule has 2 N–H and O–H groups in total. The molecule has 0 saturated heterocycles. The minimum Gasteiger partial charge on any atom is -0.382 e. The average molecular weight is 163 g/mol. The van der Waals surface area contributed by atoms with Crippen molar-refractivity contribution in [1.82, 2.24) is 10.2 Å². The van der Waals surface area contributed by atoms with E-state index in [-0.39, 0.29) is 0 Å². The standard InChI is InChI=1S/C9H13N3/c1-2-7-9(10-5-1)8(12-11-7)6-3-4-6/h6,10H,1-5H2,(H,11,12). The largest absolute Gasteiger partial charge is 0.382 e. The summed E-state index contributed by atoms with van der Waals surface area (Å²) in [6, 6.07) is 0. The van der Waals surface area contributed by atoms with Gasteiger partial charge >= 0.3 is 0 Å². The molecule has 64 valence electrons. The summed E-state index contributed by atoms with van der Waals surface area (Å²) in [5.41, 5.74) is 3.94. The molecule has 1 fully saturated rings. The quantitative estimate of drug-likeness (QED) is 0.660. The minimum atomic E-state index is 0.760. The van der Waals surface area contributed by atoms with Gasteiger partial charge < -0.3 is 5.32 Å². The van der Waals surface area contributed by atoms with Crippen molar-refractivity contribution in [2.24, 2.45) is 0 Å². The molecule has 0 amide bonds. The van der Waals surface area contributed by atoms with Crippen LogP contribution in [0.5, 0.6) is 0 Å². The van der Waals surface area contributed by atoms with Crippen molar-refractivity contribution < 1.29 is 0 Å². The highest BCUT2D eigenvalue weighted by molar-refractivity contribution is 5.56. The first-order valence-corrected chi connectivity index (χ1v) is 4.76. The molecular weight excluding hydrogens is 150 g/mol. The number of aromatic nitrogens is 2. The Balaban J connectivity index is 2.03. The molecule has 1 aliphatic heterocycles. The number of anilines is 1. The third-order valence-electron chi connectivity index (χ3n) is 2.74. The lowest BCUT2D eigenvalue weighted by atomic mass is 10.1. The smallest absolute Gasteiger partial charge is 0.0887 e. The normalized spacial score (nSPS) is 21.7. The van der Waals surface area contributed by atoms with E-state index in [1.54, 1.807) is 0 Å². The molecule has 0 bridgehead atoms. The maximum absolute atomic E-state index is 4.37. The Morgan fingerprint density at radius 3 is 3.08 bits per heavy atom. The van der Waals surface area contributed by atoms with Crippen LogP contribution >= 0.6 is 0 Å². The predicted octanol–water partition coefficient (Wildman–Crippen LogP) is 1.65. The molecule has 3 heteroatoms. The van der Waals surface area contributed by atoms with E-state index < -0.39 is 0 Å². The lowest BCUT2D eigenvalue weighted by Gasteiger charge is -2.13. The fourth-order valence-corrected chi connectivity index (χ4v) is 1.90. The molecule has 2 heterocycles. The van der Waals surface area contributed by atoms with Crippen molar-refractivity contribution in [3.05, 3.63) is 11.4 Å². The molecule has 2 aliphatic rings. The van der Waals surface area contributed by atoms with Gasteiger partial charge in [0.2, 0.25) is 0 Å². The van der Waals surface area contributed by atoms with E-state index >= 15 is 0 Å². The Morgan fingerprint density at radius 1 is 1.33 bits per heavy atom. The molecule has 1 saturated carbocycles. The van der Waals surface area contributed by atoms with Crippen LogP contribution in [-0.4, -0.2) is 16.7 Å². The average Bonchev–Trinajstić information content (AvgIpc) is 2.86. The molecule has 3 rings (SSSR count). The summed E-state index contributed by atoms with van der Waals surface area (Å²) in [6.07, 6.45) is 5.07. The molecule has 0 spiro atoms. The molecule has 0 radical (unpaired) electrons. The highest BCUT2D eigenvalue weighted by Gasteiger charge is 2.30. The van der Waals surface area contributed by atoms with Gasteiger partial charge in [-0.05, 0) is 25.7 Å². The lowest BCUT2D eigenvalue weighted by molar-refractivity contribution is 0.801. The number of H-pyrrole nitrogens is 1. The molecular formula is C9H13N3. The van der Waals surface area contributed by atoms with E-state index in [1.165, 1.54) is 42.8 Å². The first kappa shape index (κ1) is 6.52. The Labute approximate surface area is 71.6 Å². The van der Waals surface area contributed by atoms with Gasteiger partial charge in [-0.3, -0.25) is 5.10 Å². The van der Waals surface area contributed by atoms with Crippen LogP contribution in [0.1, 0.15) is 36.6 Å². The van der Waals surface area contributed by atoms with E-state index in [1.807, 2.05) is 0 Å². The van der Waals surface area contributed by atoms with Crippen molar-refractivity contribution in [2.45, 2.75) is 31.6 Å². The van der Waals surface area contributed by atoms with Gasteiger partial charge in [0.05, 0.1) is 17.1 Å². The summed E-state index contributed by atoms with van der Waals surface area (Å²) in [7, 11) is 0. The highest BCUT2D eigenvalue weighted by Crippen LogP contribution is 2.43. The van der Waals surface area contributed by atoms with E-state index in [4.69, 9.17) is 0 Å². The SMILES string of the molecule is C1CNc2c(C3CC3)n[nH]c2C1. The van der Waals surface area contributed by atoms with Crippen LogP contribution in [0, 0.1) is 0 Å². The Bertz CT molecular complexity index is 299. The molecule has 0 aromatic carbocycles. The van der Waals surface area contributed by atoms with Crippen molar-refractivity contribution in [3.8, 4) is 0 Å². The number of fused-ring (bicyclic) bond motifs is 1. The first-order valence-electron chi connectivity index (χ1n) is 4.76. The lowest BCUT2D eigenvalue weighted by Crippen LogP contribution is -2.11. The summed E-state index contributed by atoms with van der Waals surface area (Å²) in [5.74, 6) is 0.760. The zero-order valence-corrected chi connectivity index (χ0v) is 7.06. The van der Waals surface area contributed by atoms with Crippen LogP contribution in [0.25, 0.3) is 0 Å². The number of rotatable bonds is 1. The second-order valence-electron chi connectivity index (χ2n) is 3.77. The van der Waals surface area contributed by atoms with Crippen LogP contribution in [-0.2, 0) is 6.42 Å². The summed E-state index contributed by atoms with van der Waals surface area (Å²) in [6.45, 7) is 1.12. The molecule has 0 atom stereocenters. The van der Waals surface area contributed by atoms with Crippen LogP contribution in [0.4, 0.5) is 5.69 Å². The fourth-order valence-electron chi connectivity index (χ4n) is 1.90. The molecule has 0 unspecified atom stereocenters. The van der Waals surface area contributed by atoms with Crippen LogP contribution in [0.2, 0.25) is 0 Å². The number of nitrogens with one attached hydrogen (secondary N) is 2. The van der Waals surface area contributed by atoms with Crippen LogP contribution in [0.3, 0.4) is 0 Å². The minimum absolute atomic E-state index is 0.760. The third-order valence-corrected chi connectivity index (χ3v) is 2.74. The summed E-state index contributed by atoms with van der Waals surface area (Å²) < 4.78 is 0. The molecule has 3 nitrogen and oxygen atoms in total. The van der Waals surface area contributed by atoms with Gasteiger partial charge in [-0.2, -0.15) is 5.10 Å². The Kier molecular flexibility index (Phi) is 1.22.